The van der Waals surface area contributed by atoms with Gasteiger partial charge < -0.3 is 0 Å². The van der Waals surface area contributed by atoms with Gasteiger partial charge in [-0.1, -0.05) is 24.3 Å². The lowest BCUT2D eigenvalue weighted by Crippen LogP contribution is -2.02. The molecule has 0 saturated carbocycles. The fourth-order valence-corrected chi connectivity index (χ4v) is 1.42. The number of hydrogen-bond acceptors (Lipinski definition) is 1. The average molecular weight is 176 g/mol. The lowest BCUT2D eigenvalue weighted by atomic mass is 9.96. The van der Waals surface area contributed by atoms with Crippen LogP contribution in [0.5, 0.6) is 0 Å². The van der Waals surface area contributed by atoms with Crippen molar-refractivity contribution in [2.45, 2.75) is 32.6 Å². The molecule has 1 nitrogen and oxygen atoms in total. The zero-order valence-corrected chi connectivity index (χ0v) is 8.12. The summed E-state index contributed by atoms with van der Waals surface area (Å²) in [6.45, 7) is 1.94. The van der Waals surface area contributed by atoms with E-state index in [4.69, 9.17) is 0 Å². The standard InChI is InChI=1S/C12H16O/c1-2-3-5-10-12(13)11-8-6-4-7-9-11/h2-3,5,8,10H,4,6-7,9H2,1H3. The number of carbonyl (C=O) groups is 1. The number of allylic oxidation sites excluding steroid dienone is 6. The van der Waals surface area contributed by atoms with E-state index in [0.29, 0.717) is 0 Å². The first-order valence-electron chi connectivity index (χ1n) is 4.87. The normalized spacial score (nSPS) is 18.1. The van der Waals surface area contributed by atoms with Gasteiger partial charge in [0.2, 0.25) is 0 Å². The Balaban J connectivity index is 2.51. The third-order valence-corrected chi connectivity index (χ3v) is 2.16. The summed E-state index contributed by atoms with van der Waals surface area (Å²) in [5, 5.41) is 0. The topological polar surface area (TPSA) is 17.1 Å². The Bertz CT molecular complexity index is 256. The smallest absolute Gasteiger partial charge is 0.181 e. The average Bonchev–Trinajstić information content (AvgIpc) is 2.19. The van der Waals surface area contributed by atoms with Crippen LogP contribution in [0.25, 0.3) is 0 Å². The van der Waals surface area contributed by atoms with Crippen LogP contribution < -0.4 is 0 Å². The van der Waals surface area contributed by atoms with Crippen LogP contribution in [0.1, 0.15) is 32.6 Å². The molecule has 1 rings (SSSR count). The van der Waals surface area contributed by atoms with Gasteiger partial charge in [-0.15, -0.1) is 0 Å². The summed E-state index contributed by atoms with van der Waals surface area (Å²) in [6, 6.07) is 0. The summed E-state index contributed by atoms with van der Waals surface area (Å²) < 4.78 is 0. The molecule has 0 atom stereocenters. The highest BCUT2D eigenvalue weighted by Crippen LogP contribution is 2.18. The van der Waals surface area contributed by atoms with Crippen LogP contribution >= 0.6 is 0 Å². The van der Waals surface area contributed by atoms with Crippen LogP contribution in [0.15, 0.2) is 36.0 Å². The Morgan fingerprint density at radius 3 is 2.85 bits per heavy atom. The third kappa shape index (κ3) is 3.41. The van der Waals surface area contributed by atoms with Crippen LogP contribution in [-0.2, 0) is 4.79 Å². The molecular weight excluding hydrogens is 160 g/mol. The van der Waals surface area contributed by atoms with Crippen molar-refractivity contribution in [1.29, 1.82) is 0 Å². The van der Waals surface area contributed by atoms with Gasteiger partial charge in [-0.05, 0) is 44.3 Å². The molecule has 0 N–H and O–H groups in total. The Morgan fingerprint density at radius 2 is 2.23 bits per heavy atom. The number of carbonyl (C=O) groups excluding carboxylic acids is 1. The third-order valence-electron chi connectivity index (χ3n) is 2.16. The molecule has 0 aromatic rings. The van der Waals surface area contributed by atoms with E-state index < -0.39 is 0 Å². The van der Waals surface area contributed by atoms with Gasteiger partial charge >= 0.3 is 0 Å². The monoisotopic (exact) mass is 176 g/mol. The van der Waals surface area contributed by atoms with E-state index in [1.807, 2.05) is 19.1 Å². The van der Waals surface area contributed by atoms with Gasteiger partial charge in [-0.3, -0.25) is 4.79 Å². The second-order valence-electron chi connectivity index (χ2n) is 3.22. The molecule has 0 aromatic carbocycles. The van der Waals surface area contributed by atoms with Gasteiger partial charge in [-0.25, -0.2) is 0 Å². The van der Waals surface area contributed by atoms with Crippen molar-refractivity contribution in [3.05, 3.63) is 36.0 Å². The van der Waals surface area contributed by atoms with Gasteiger partial charge in [0, 0.05) is 0 Å². The van der Waals surface area contributed by atoms with Crippen LogP contribution in [0, 0.1) is 0 Å². The largest absolute Gasteiger partial charge is 0.290 e. The molecule has 0 amide bonds. The van der Waals surface area contributed by atoms with E-state index in [-0.39, 0.29) is 5.78 Å². The molecule has 0 radical (unpaired) electrons. The molecule has 0 fully saturated rings. The molecule has 0 spiro atoms. The fraction of sp³-hybridized carbons (Fsp3) is 0.417. The zero-order chi connectivity index (χ0) is 9.52. The highest BCUT2D eigenvalue weighted by Gasteiger charge is 2.08. The van der Waals surface area contributed by atoms with Gasteiger partial charge in [0.1, 0.15) is 0 Å². The first-order valence-corrected chi connectivity index (χ1v) is 4.87. The van der Waals surface area contributed by atoms with Crippen LogP contribution in [0.2, 0.25) is 0 Å². The molecule has 0 saturated heterocycles. The predicted octanol–water partition coefficient (Wildman–Crippen LogP) is 3.19. The second-order valence-corrected chi connectivity index (χ2v) is 3.22. The maximum atomic E-state index is 11.5. The SMILES string of the molecule is CC=CC=CC(=O)C1=CCCCC1. The van der Waals surface area contributed by atoms with E-state index in [9.17, 15) is 4.79 Å². The van der Waals surface area contributed by atoms with E-state index in [2.05, 4.69) is 6.08 Å². The molecule has 0 unspecified atom stereocenters. The van der Waals surface area contributed by atoms with E-state index in [0.717, 1.165) is 24.8 Å². The maximum Gasteiger partial charge on any atom is 0.181 e. The summed E-state index contributed by atoms with van der Waals surface area (Å²) in [7, 11) is 0. The van der Waals surface area contributed by atoms with Gasteiger partial charge in [-0.2, -0.15) is 0 Å². The molecule has 0 aliphatic heterocycles. The summed E-state index contributed by atoms with van der Waals surface area (Å²) in [4.78, 5) is 11.5. The molecule has 0 bridgehead atoms. The van der Waals surface area contributed by atoms with E-state index in [1.165, 1.54) is 6.42 Å². The van der Waals surface area contributed by atoms with Gasteiger partial charge in [0.05, 0.1) is 0 Å². The van der Waals surface area contributed by atoms with Gasteiger partial charge in [0.25, 0.3) is 0 Å². The molecule has 13 heavy (non-hydrogen) atoms. The van der Waals surface area contributed by atoms with Crippen molar-refractivity contribution >= 4 is 5.78 Å². The molecular formula is C12H16O. The minimum Gasteiger partial charge on any atom is -0.290 e. The quantitative estimate of drug-likeness (QED) is 0.476. The van der Waals surface area contributed by atoms with Crippen molar-refractivity contribution in [1.82, 2.24) is 0 Å². The van der Waals surface area contributed by atoms with E-state index >= 15 is 0 Å². The highest BCUT2D eigenvalue weighted by molar-refractivity contribution is 6.04. The first kappa shape index (κ1) is 9.97. The molecule has 70 valence electrons. The highest BCUT2D eigenvalue weighted by atomic mass is 16.1. The van der Waals surface area contributed by atoms with Crippen molar-refractivity contribution < 1.29 is 4.79 Å². The molecule has 1 aliphatic carbocycles. The Labute approximate surface area is 79.8 Å². The van der Waals surface area contributed by atoms with Crippen molar-refractivity contribution in [3.63, 3.8) is 0 Å². The van der Waals surface area contributed by atoms with Crippen LogP contribution in [0.3, 0.4) is 0 Å². The van der Waals surface area contributed by atoms with Gasteiger partial charge in [0.15, 0.2) is 5.78 Å². The first-order chi connectivity index (χ1) is 6.34. The number of ketones is 1. The van der Waals surface area contributed by atoms with Crippen molar-refractivity contribution in [2.24, 2.45) is 0 Å². The Kier molecular flexibility index (Phi) is 4.24. The number of hydrogen-bond donors (Lipinski definition) is 0. The molecule has 1 heteroatoms. The van der Waals surface area contributed by atoms with Crippen molar-refractivity contribution in [3.8, 4) is 0 Å². The Hall–Kier alpha value is -1.11. The minimum absolute atomic E-state index is 0.179. The second kappa shape index (κ2) is 5.52. The van der Waals surface area contributed by atoms with E-state index in [1.54, 1.807) is 12.2 Å². The molecule has 0 aromatic heterocycles. The summed E-state index contributed by atoms with van der Waals surface area (Å²) in [6.07, 6.45) is 13.7. The zero-order valence-electron chi connectivity index (χ0n) is 8.12. The summed E-state index contributed by atoms with van der Waals surface area (Å²) in [5.74, 6) is 0.179. The van der Waals surface area contributed by atoms with Crippen molar-refractivity contribution in [2.75, 3.05) is 0 Å². The number of rotatable bonds is 3. The van der Waals surface area contributed by atoms with Crippen LogP contribution in [0.4, 0.5) is 0 Å². The lowest BCUT2D eigenvalue weighted by Gasteiger charge is -2.08. The predicted molar refractivity (Wildman–Crippen MR) is 55.5 cm³/mol. The minimum atomic E-state index is 0.179. The van der Waals surface area contributed by atoms with Crippen LogP contribution in [-0.4, -0.2) is 5.78 Å². The lowest BCUT2D eigenvalue weighted by molar-refractivity contribution is -0.111. The Morgan fingerprint density at radius 1 is 1.38 bits per heavy atom. The maximum absolute atomic E-state index is 11.5. The summed E-state index contributed by atoms with van der Waals surface area (Å²) >= 11 is 0. The summed E-state index contributed by atoms with van der Waals surface area (Å²) in [5.41, 5.74) is 0.993. The molecule has 0 heterocycles. The molecule has 1 aliphatic rings. The fourth-order valence-electron chi connectivity index (χ4n) is 1.42.